The summed E-state index contributed by atoms with van der Waals surface area (Å²) in [5, 5.41) is 0. The highest BCUT2D eigenvalue weighted by atomic mass is 16.5. The minimum absolute atomic E-state index is 0.217. The number of anilines is 1. The lowest BCUT2D eigenvalue weighted by Crippen LogP contribution is -2.45. The maximum absolute atomic E-state index is 5.61. The van der Waals surface area contributed by atoms with Crippen molar-refractivity contribution in [3.05, 3.63) is 17.1 Å². The summed E-state index contributed by atoms with van der Waals surface area (Å²) in [7, 11) is 4.26. The van der Waals surface area contributed by atoms with Crippen LogP contribution in [0.3, 0.4) is 0 Å². The highest BCUT2D eigenvalue weighted by molar-refractivity contribution is 5.46. The van der Waals surface area contributed by atoms with Gasteiger partial charge in [-0.15, -0.1) is 0 Å². The standard InChI is InChI=1S/C13H22N6O/c1-18-4-5-19(2)11(7-18)13-15-10-3-6-20-8-9(10)12(16-13)17-14/h11H,3-8,14H2,1-2H3,(H,15,16,17). The summed E-state index contributed by atoms with van der Waals surface area (Å²) in [6.45, 7) is 4.29. The van der Waals surface area contributed by atoms with Crippen molar-refractivity contribution in [1.82, 2.24) is 19.8 Å². The molecule has 0 bridgehead atoms. The molecule has 3 heterocycles. The van der Waals surface area contributed by atoms with Crippen LogP contribution < -0.4 is 11.3 Å². The fourth-order valence-corrected chi connectivity index (χ4v) is 2.81. The van der Waals surface area contributed by atoms with Crippen molar-refractivity contribution in [2.45, 2.75) is 19.1 Å². The molecule has 1 saturated heterocycles. The Bertz CT molecular complexity index is 477. The van der Waals surface area contributed by atoms with Gasteiger partial charge in [0, 0.05) is 31.6 Å². The number of nitrogens with zero attached hydrogens (tertiary/aromatic N) is 4. The molecule has 0 amide bonds. The minimum atomic E-state index is 0.217. The van der Waals surface area contributed by atoms with Crippen molar-refractivity contribution in [3.8, 4) is 0 Å². The van der Waals surface area contributed by atoms with Gasteiger partial charge in [0.15, 0.2) is 0 Å². The van der Waals surface area contributed by atoms with E-state index in [1.165, 1.54) is 0 Å². The predicted octanol–water partition coefficient (Wildman–Crippen LogP) is -0.247. The maximum atomic E-state index is 5.61. The van der Waals surface area contributed by atoms with Gasteiger partial charge in [0.05, 0.1) is 24.9 Å². The number of likely N-dealkylation sites (N-methyl/N-ethyl adjacent to an activating group) is 2. The number of hydrogen-bond acceptors (Lipinski definition) is 7. The first-order valence-electron chi connectivity index (χ1n) is 7.02. The second kappa shape index (κ2) is 5.61. The van der Waals surface area contributed by atoms with Crippen LogP contribution in [0, 0.1) is 0 Å². The summed E-state index contributed by atoms with van der Waals surface area (Å²) in [4.78, 5) is 14.0. The van der Waals surface area contributed by atoms with E-state index in [0.717, 1.165) is 43.1 Å². The number of fused-ring (bicyclic) bond motifs is 1. The maximum Gasteiger partial charge on any atom is 0.149 e. The van der Waals surface area contributed by atoms with Gasteiger partial charge in [-0.1, -0.05) is 0 Å². The third-order valence-electron chi connectivity index (χ3n) is 4.13. The second-order valence-electron chi connectivity index (χ2n) is 5.56. The average molecular weight is 278 g/mol. The molecule has 1 aromatic rings. The van der Waals surface area contributed by atoms with E-state index in [0.29, 0.717) is 19.0 Å². The first-order chi connectivity index (χ1) is 9.69. The molecule has 2 aliphatic heterocycles. The zero-order valence-electron chi connectivity index (χ0n) is 12.1. The minimum Gasteiger partial charge on any atom is -0.376 e. The van der Waals surface area contributed by atoms with Gasteiger partial charge >= 0.3 is 0 Å². The summed E-state index contributed by atoms with van der Waals surface area (Å²) in [6, 6.07) is 0.217. The van der Waals surface area contributed by atoms with Crippen molar-refractivity contribution >= 4 is 5.82 Å². The molecule has 110 valence electrons. The van der Waals surface area contributed by atoms with E-state index in [9.17, 15) is 0 Å². The van der Waals surface area contributed by atoms with Gasteiger partial charge in [-0.3, -0.25) is 4.90 Å². The number of nitrogen functional groups attached to an aromatic ring is 1. The van der Waals surface area contributed by atoms with Gasteiger partial charge < -0.3 is 15.1 Å². The van der Waals surface area contributed by atoms with Crippen LogP contribution in [0.15, 0.2) is 0 Å². The molecule has 3 N–H and O–H groups in total. The molecule has 1 unspecified atom stereocenters. The molecule has 3 rings (SSSR count). The van der Waals surface area contributed by atoms with Crippen LogP contribution in [0.25, 0.3) is 0 Å². The highest BCUT2D eigenvalue weighted by Gasteiger charge is 2.28. The normalized spacial score (nSPS) is 24.4. The van der Waals surface area contributed by atoms with Crippen molar-refractivity contribution in [3.63, 3.8) is 0 Å². The van der Waals surface area contributed by atoms with Gasteiger partial charge in [-0.2, -0.15) is 0 Å². The number of nitrogens with two attached hydrogens (primary N) is 1. The van der Waals surface area contributed by atoms with E-state index in [-0.39, 0.29) is 6.04 Å². The Hall–Kier alpha value is -1.28. The lowest BCUT2D eigenvalue weighted by atomic mass is 10.1. The van der Waals surface area contributed by atoms with E-state index in [1.54, 1.807) is 0 Å². The quantitative estimate of drug-likeness (QED) is 0.570. The van der Waals surface area contributed by atoms with Crippen LogP contribution >= 0.6 is 0 Å². The summed E-state index contributed by atoms with van der Waals surface area (Å²) < 4.78 is 5.47. The fraction of sp³-hybridized carbons (Fsp3) is 0.692. The molecule has 1 aromatic heterocycles. The SMILES string of the molecule is CN1CCN(C)C(c2nc3c(c(NN)n2)COCC3)C1. The van der Waals surface area contributed by atoms with Crippen LogP contribution in [0.5, 0.6) is 0 Å². The first kappa shape index (κ1) is 13.7. The van der Waals surface area contributed by atoms with Crippen LogP contribution in [0.4, 0.5) is 5.82 Å². The molecule has 0 saturated carbocycles. The molecular weight excluding hydrogens is 256 g/mol. The smallest absolute Gasteiger partial charge is 0.149 e. The van der Waals surface area contributed by atoms with Crippen LogP contribution in [0.2, 0.25) is 0 Å². The molecular formula is C13H22N6O. The monoisotopic (exact) mass is 278 g/mol. The Labute approximate surface area is 119 Å². The lowest BCUT2D eigenvalue weighted by Gasteiger charge is -2.37. The number of hydrazine groups is 1. The summed E-state index contributed by atoms with van der Waals surface area (Å²) in [6.07, 6.45) is 0.825. The zero-order chi connectivity index (χ0) is 14.1. The highest BCUT2D eigenvalue weighted by Crippen LogP contribution is 2.26. The summed E-state index contributed by atoms with van der Waals surface area (Å²) in [5.74, 6) is 7.17. The van der Waals surface area contributed by atoms with E-state index in [1.807, 2.05) is 0 Å². The number of ether oxygens (including phenoxy) is 1. The first-order valence-corrected chi connectivity index (χ1v) is 7.02. The summed E-state index contributed by atoms with van der Waals surface area (Å²) in [5.41, 5.74) is 4.76. The van der Waals surface area contributed by atoms with Crippen LogP contribution in [-0.4, -0.2) is 60.1 Å². The van der Waals surface area contributed by atoms with E-state index >= 15 is 0 Å². The predicted molar refractivity (Wildman–Crippen MR) is 76.1 cm³/mol. The fourth-order valence-electron chi connectivity index (χ4n) is 2.81. The molecule has 7 heteroatoms. The van der Waals surface area contributed by atoms with Crippen molar-refractivity contribution in [2.75, 3.05) is 45.8 Å². The molecule has 0 aliphatic carbocycles. The van der Waals surface area contributed by atoms with Gasteiger partial charge in [0.25, 0.3) is 0 Å². The topological polar surface area (TPSA) is 79.5 Å². The average Bonchev–Trinajstić information content (AvgIpc) is 2.48. The van der Waals surface area contributed by atoms with Crippen LogP contribution in [-0.2, 0) is 17.8 Å². The number of hydrogen-bond donors (Lipinski definition) is 2. The Balaban J connectivity index is 1.96. The van der Waals surface area contributed by atoms with Gasteiger partial charge in [-0.05, 0) is 14.1 Å². The van der Waals surface area contributed by atoms with Crippen molar-refractivity contribution in [2.24, 2.45) is 5.84 Å². The number of nitrogens with one attached hydrogen (secondary N) is 1. The number of rotatable bonds is 2. The largest absolute Gasteiger partial charge is 0.376 e. The Kier molecular flexibility index (Phi) is 3.84. The second-order valence-corrected chi connectivity index (χ2v) is 5.56. The molecule has 0 spiro atoms. The number of aromatic nitrogens is 2. The lowest BCUT2D eigenvalue weighted by molar-refractivity contribution is 0.103. The molecule has 2 aliphatic rings. The third-order valence-corrected chi connectivity index (χ3v) is 4.13. The Morgan fingerprint density at radius 1 is 1.30 bits per heavy atom. The van der Waals surface area contributed by atoms with Crippen molar-refractivity contribution in [1.29, 1.82) is 0 Å². The molecule has 0 radical (unpaired) electrons. The third kappa shape index (κ3) is 2.49. The molecule has 20 heavy (non-hydrogen) atoms. The van der Waals surface area contributed by atoms with Gasteiger partial charge in [-0.25, -0.2) is 15.8 Å². The van der Waals surface area contributed by atoms with E-state index in [2.05, 4.69) is 34.3 Å². The molecule has 1 fully saturated rings. The Morgan fingerprint density at radius 3 is 2.95 bits per heavy atom. The zero-order valence-corrected chi connectivity index (χ0v) is 12.1. The van der Waals surface area contributed by atoms with E-state index < -0.39 is 0 Å². The van der Waals surface area contributed by atoms with E-state index in [4.69, 9.17) is 15.6 Å². The Morgan fingerprint density at radius 2 is 2.15 bits per heavy atom. The van der Waals surface area contributed by atoms with Crippen molar-refractivity contribution < 1.29 is 4.74 Å². The van der Waals surface area contributed by atoms with Gasteiger partial charge in [0.2, 0.25) is 0 Å². The van der Waals surface area contributed by atoms with Crippen LogP contribution in [0.1, 0.15) is 23.1 Å². The molecule has 0 aromatic carbocycles. The molecule has 7 nitrogen and oxygen atoms in total. The number of piperazine rings is 1. The summed E-state index contributed by atoms with van der Waals surface area (Å²) >= 11 is 0. The van der Waals surface area contributed by atoms with Gasteiger partial charge in [0.1, 0.15) is 11.6 Å². The molecule has 1 atom stereocenters.